The Hall–Kier alpha value is -1.75. The van der Waals surface area contributed by atoms with Gasteiger partial charge in [-0.2, -0.15) is 21.6 Å². The molecule has 1 aromatic carbocycles. The molecule has 1 unspecified atom stereocenters. The predicted molar refractivity (Wildman–Crippen MR) is 72.0 cm³/mol. The molecule has 1 atom stereocenters. The van der Waals surface area contributed by atoms with Gasteiger partial charge in [-0.15, -0.1) is 0 Å². The van der Waals surface area contributed by atoms with Crippen LogP contribution >= 0.6 is 0 Å². The van der Waals surface area contributed by atoms with Crippen molar-refractivity contribution in [1.82, 2.24) is 0 Å². The molecule has 0 radical (unpaired) electrons. The fourth-order valence-corrected chi connectivity index (χ4v) is 2.21. The third kappa shape index (κ3) is 5.22. The van der Waals surface area contributed by atoms with Gasteiger partial charge in [0.15, 0.2) is 0 Å². The van der Waals surface area contributed by atoms with Crippen molar-refractivity contribution in [3.8, 4) is 5.75 Å². The number of halogens is 3. The minimum atomic E-state index is -5.17. The smallest absolute Gasteiger partial charge is 0.426 e. The molecular formula is C11H12BF3O6S. The summed E-state index contributed by atoms with van der Waals surface area (Å²) < 4.78 is 71.6. The summed E-state index contributed by atoms with van der Waals surface area (Å²) in [6.45, 7) is 0. The van der Waals surface area contributed by atoms with Gasteiger partial charge in [0.2, 0.25) is 6.10 Å². The molecule has 6 nitrogen and oxygen atoms in total. The van der Waals surface area contributed by atoms with Gasteiger partial charge in [-0.1, -0.05) is 12.4 Å². The molecule has 11 heteroatoms. The highest BCUT2D eigenvalue weighted by molar-refractivity contribution is 7.85. The van der Waals surface area contributed by atoms with Gasteiger partial charge in [0.1, 0.15) is 19.3 Å². The summed E-state index contributed by atoms with van der Waals surface area (Å²) in [5.74, 6) is -3.57. The summed E-state index contributed by atoms with van der Waals surface area (Å²) >= 11 is 0. The molecule has 0 aliphatic heterocycles. The second-order valence-electron chi connectivity index (χ2n) is 4.38. The molecule has 0 bridgehead atoms. The summed E-state index contributed by atoms with van der Waals surface area (Å²) in [5, 5.41) is 9.55. The average molecular weight is 340 g/mol. The zero-order chi connectivity index (χ0) is 17.1. The van der Waals surface area contributed by atoms with Gasteiger partial charge in [0.05, 0.1) is 5.56 Å². The number of esters is 1. The van der Waals surface area contributed by atoms with E-state index in [1.165, 1.54) is 6.07 Å². The number of alkyl halides is 3. The Morgan fingerprint density at radius 1 is 1.36 bits per heavy atom. The lowest BCUT2D eigenvalue weighted by molar-refractivity contribution is -0.197. The zero-order valence-corrected chi connectivity index (χ0v) is 12.1. The highest BCUT2D eigenvalue weighted by Crippen LogP contribution is 2.26. The first-order valence-electron chi connectivity index (χ1n) is 5.98. The molecule has 0 fully saturated rings. The molecule has 0 aliphatic rings. The second-order valence-corrected chi connectivity index (χ2v) is 5.88. The predicted octanol–water partition coefficient (Wildman–Crippen LogP) is 0.501. The minimum absolute atomic E-state index is 0.296. The van der Waals surface area contributed by atoms with Crippen molar-refractivity contribution < 1.29 is 40.8 Å². The van der Waals surface area contributed by atoms with E-state index in [4.69, 9.17) is 4.55 Å². The largest absolute Gasteiger partial charge is 0.508 e. The number of ether oxygens (including phenoxy) is 1. The lowest BCUT2D eigenvalue weighted by atomic mass is 9.95. The minimum Gasteiger partial charge on any atom is -0.508 e. The zero-order valence-electron chi connectivity index (χ0n) is 11.3. The number of hydrogen-bond donors (Lipinski definition) is 2. The van der Waals surface area contributed by atoms with Gasteiger partial charge >= 0.3 is 12.1 Å². The van der Waals surface area contributed by atoms with Crippen molar-refractivity contribution in [2.75, 3.05) is 5.75 Å². The van der Waals surface area contributed by atoms with Crippen LogP contribution < -0.4 is 0 Å². The van der Waals surface area contributed by atoms with Crippen LogP contribution in [0.25, 0.3) is 0 Å². The Morgan fingerprint density at radius 2 is 1.95 bits per heavy atom. The maximum Gasteiger partial charge on any atom is 0.426 e. The van der Waals surface area contributed by atoms with Crippen molar-refractivity contribution in [3.05, 3.63) is 29.3 Å². The van der Waals surface area contributed by atoms with Crippen LogP contribution in [0.3, 0.4) is 0 Å². The summed E-state index contributed by atoms with van der Waals surface area (Å²) in [5.41, 5.74) is 0.0983. The standard InChI is InChI=1S/C11H12BF3O6S/c12-4-7-2-1-6(3-8(7)16)10(17)21-9(11(13,14)15)5-22(18,19)20/h1-3,9,16H,4-5,12H2,(H,18,19,20). The van der Waals surface area contributed by atoms with Gasteiger partial charge in [-0.25, -0.2) is 4.79 Å². The third-order valence-corrected chi connectivity index (χ3v) is 3.40. The molecule has 0 saturated heterocycles. The van der Waals surface area contributed by atoms with E-state index in [1.807, 2.05) is 0 Å². The second kappa shape index (κ2) is 6.57. The first-order valence-corrected chi connectivity index (χ1v) is 7.59. The van der Waals surface area contributed by atoms with E-state index in [-0.39, 0.29) is 11.3 Å². The quantitative estimate of drug-likeness (QED) is 0.460. The molecule has 0 spiro atoms. The summed E-state index contributed by atoms with van der Waals surface area (Å²) in [7, 11) is -3.28. The molecule has 0 aromatic heterocycles. The lowest BCUT2D eigenvalue weighted by Crippen LogP contribution is -2.39. The van der Waals surface area contributed by atoms with E-state index in [1.54, 1.807) is 7.85 Å². The number of carbonyl (C=O) groups excluding carboxylic acids is 1. The van der Waals surface area contributed by atoms with Gasteiger partial charge in [-0.3, -0.25) is 4.55 Å². The van der Waals surface area contributed by atoms with Crippen LogP contribution in [0.2, 0.25) is 0 Å². The van der Waals surface area contributed by atoms with Crippen molar-refractivity contribution in [3.63, 3.8) is 0 Å². The first-order chi connectivity index (χ1) is 9.94. The monoisotopic (exact) mass is 340 g/mol. The van der Waals surface area contributed by atoms with Crippen LogP contribution in [0, 0.1) is 0 Å². The lowest BCUT2D eigenvalue weighted by Gasteiger charge is -2.19. The Bertz CT molecular complexity index is 658. The van der Waals surface area contributed by atoms with Gasteiger partial charge in [-0.05, 0) is 17.7 Å². The average Bonchev–Trinajstić information content (AvgIpc) is 2.35. The fourth-order valence-electron chi connectivity index (χ4n) is 1.57. The SMILES string of the molecule is BCc1ccc(C(=O)OC(CS(=O)(=O)O)C(F)(F)F)cc1O. The van der Waals surface area contributed by atoms with Crippen molar-refractivity contribution in [1.29, 1.82) is 0 Å². The molecular weight excluding hydrogens is 328 g/mol. The van der Waals surface area contributed by atoms with E-state index in [0.29, 0.717) is 11.9 Å². The highest BCUT2D eigenvalue weighted by Gasteiger charge is 2.45. The number of phenols is 1. The molecule has 0 amide bonds. The maximum atomic E-state index is 12.6. The Labute approximate surface area is 125 Å². The third-order valence-electron chi connectivity index (χ3n) is 2.68. The van der Waals surface area contributed by atoms with Crippen LogP contribution in [0.4, 0.5) is 13.2 Å². The Balaban J connectivity index is 2.98. The number of benzene rings is 1. The number of rotatable bonds is 5. The molecule has 0 aliphatic carbocycles. The summed E-state index contributed by atoms with van der Waals surface area (Å²) in [6.07, 6.45) is -7.74. The van der Waals surface area contributed by atoms with Gasteiger partial charge in [0.25, 0.3) is 10.1 Å². The molecule has 1 rings (SSSR count). The maximum absolute atomic E-state index is 12.6. The summed E-state index contributed by atoms with van der Waals surface area (Å²) in [6, 6.07) is 3.39. The molecule has 0 saturated carbocycles. The normalized spacial score (nSPS) is 13.6. The number of aromatic hydroxyl groups is 1. The molecule has 22 heavy (non-hydrogen) atoms. The highest BCUT2D eigenvalue weighted by atomic mass is 32.2. The van der Waals surface area contributed by atoms with Crippen LogP contribution in [-0.4, -0.2) is 49.9 Å². The van der Waals surface area contributed by atoms with Crippen LogP contribution in [0.15, 0.2) is 18.2 Å². The Morgan fingerprint density at radius 3 is 2.36 bits per heavy atom. The molecule has 2 N–H and O–H groups in total. The summed E-state index contributed by atoms with van der Waals surface area (Å²) in [4.78, 5) is 11.6. The van der Waals surface area contributed by atoms with E-state index >= 15 is 0 Å². The van der Waals surface area contributed by atoms with Crippen molar-refractivity contribution in [2.24, 2.45) is 0 Å². The van der Waals surface area contributed by atoms with E-state index in [2.05, 4.69) is 4.74 Å². The van der Waals surface area contributed by atoms with Crippen molar-refractivity contribution in [2.45, 2.75) is 18.6 Å². The van der Waals surface area contributed by atoms with E-state index < -0.39 is 34.1 Å². The first kappa shape index (κ1) is 18.3. The van der Waals surface area contributed by atoms with Gasteiger partial charge < -0.3 is 9.84 Å². The number of phenolic OH excluding ortho intramolecular Hbond substituents is 1. The van der Waals surface area contributed by atoms with E-state index in [0.717, 1.165) is 12.1 Å². The number of hydrogen-bond acceptors (Lipinski definition) is 5. The van der Waals surface area contributed by atoms with Crippen LogP contribution in [-0.2, 0) is 21.2 Å². The number of carbonyl (C=O) groups is 1. The van der Waals surface area contributed by atoms with Crippen LogP contribution in [0.5, 0.6) is 5.75 Å². The topological polar surface area (TPSA) is 101 Å². The Kier molecular flexibility index (Phi) is 5.47. The van der Waals surface area contributed by atoms with Crippen molar-refractivity contribution >= 4 is 23.9 Å². The van der Waals surface area contributed by atoms with Crippen LogP contribution in [0.1, 0.15) is 15.9 Å². The molecule has 0 heterocycles. The molecule has 122 valence electrons. The van der Waals surface area contributed by atoms with E-state index in [9.17, 15) is 31.5 Å². The van der Waals surface area contributed by atoms with Gasteiger partial charge in [0, 0.05) is 0 Å². The molecule has 1 aromatic rings. The fraction of sp³-hybridized carbons (Fsp3) is 0.364.